The predicted molar refractivity (Wildman–Crippen MR) is 39.4 cm³/mol. The molecule has 9 heavy (non-hydrogen) atoms. The number of carbonyl (C=O) groups excluding carboxylic acids is 2. The molecule has 0 atom stereocenters. The molecule has 0 aliphatic carbocycles. The van der Waals surface area contributed by atoms with Crippen LogP contribution < -0.4 is 0 Å². The molecule has 0 aliphatic rings. The summed E-state index contributed by atoms with van der Waals surface area (Å²) in [6.07, 6.45) is 0. The fraction of sp³-hybridized carbons (Fsp3) is 0.600. The second kappa shape index (κ2) is 4.45. The SMILES string of the molecule is CC(C)N=[PH](C=O)C=O. The molecule has 0 aliphatic heterocycles. The minimum Gasteiger partial charge on any atom is -0.296 e. The van der Waals surface area contributed by atoms with Crippen molar-refractivity contribution in [2.24, 2.45) is 4.74 Å². The zero-order chi connectivity index (χ0) is 7.28. The van der Waals surface area contributed by atoms with Crippen molar-refractivity contribution in [3.63, 3.8) is 0 Å². The van der Waals surface area contributed by atoms with E-state index in [0.29, 0.717) is 12.1 Å². The molecule has 3 nitrogen and oxygen atoms in total. The van der Waals surface area contributed by atoms with Crippen LogP contribution in [-0.2, 0) is 9.59 Å². The molecule has 0 bridgehead atoms. The van der Waals surface area contributed by atoms with Gasteiger partial charge in [-0.3, -0.25) is 14.3 Å². The lowest BCUT2D eigenvalue weighted by atomic mass is 10.4. The number of carbonyl (C=O) groups is 2. The fourth-order valence-electron chi connectivity index (χ4n) is 0.387. The summed E-state index contributed by atoms with van der Waals surface area (Å²) in [6.45, 7) is 3.69. The van der Waals surface area contributed by atoms with E-state index in [4.69, 9.17) is 0 Å². The highest BCUT2D eigenvalue weighted by Crippen LogP contribution is 2.16. The van der Waals surface area contributed by atoms with Gasteiger partial charge in [0, 0.05) is 6.04 Å². The van der Waals surface area contributed by atoms with E-state index >= 15 is 0 Å². The molecule has 0 rings (SSSR count). The zero-order valence-corrected chi connectivity index (χ0v) is 6.50. The van der Waals surface area contributed by atoms with E-state index in [1.54, 1.807) is 0 Å². The van der Waals surface area contributed by atoms with Gasteiger partial charge in [0.15, 0.2) is 12.1 Å². The van der Waals surface area contributed by atoms with Crippen molar-refractivity contribution in [1.82, 2.24) is 0 Å². The normalized spacial score (nSPS) is 9.78. The first-order valence-corrected chi connectivity index (χ1v) is 4.29. The molecule has 0 fully saturated rings. The summed E-state index contributed by atoms with van der Waals surface area (Å²) >= 11 is 0. The summed E-state index contributed by atoms with van der Waals surface area (Å²) in [4.78, 5) is 20.0. The van der Waals surface area contributed by atoms with E-state index in [0.717, 1.165) is 0 Å². The molecule has 0 aromatic heterocycles. The van der Waals surface area contributed by atoms with Crippen LogP contribution in [0.5, 0.6) is 0 Å². The molecule has 0 aromatic carbocycles. The van der Waals surface area contributed by atoms with Gasteiger partial charge in [-0.15, -0.1) is 0 Å². The van der Waals surface area contributed by atoms with E-state index in [2.05, 4.69) is 4.74 Å². The molecule has 4 heteroatoms. The molecule has 52 valence electrons. The Morgan fingerprint density at radius 3 is 1.89 bits per heavy atom. The second-order valence-electron chi connectivity index (χ2n) is 1.88. The van der Waals surface area contributed by atoms with Crippen molar-refractivity contribution in [3.8, 4) is 0 Å². The monoisotopic (exact) mass is 147 g/mol. The average molecular weight is 147 g/mol. The van der Waals surface area contributed by atoms with Crippen molar-refractivity contribution >= 4 is 19.8 Å². The first-order valence-electron chi connectivity index (χ1n) is 2.69. The Bertz CT molecular complexity index is 132. The molecule has 0 amide bonds. The van der Waals surface area contributed by atoms with E-state index in [9.17, 15) is 9.59 Å². The van der Waals surface area contributed by atoms with Crippen LogP contribution in [-0.4, -0.2) is 18.1 Å². The number of hydrogen-bond donors (Lipinski definition) is 0. The highest BCUT2D eigenvalue weighted by Gasteiger charge is 1.91. The molecule has 0 heterocycles. The quantitative estimate of drug-likeness (QED) is 0.444. The Balaban J connectivity index is 4.06. The molecule has 0 aromatic rings. The van der Waals surface area contributed by atoms with Crippen molar-refractivity contribution in [1.29, 1.82) is 0 Å². The van der Waals surface area contributed by atoms with Crippen LogP contribution in [0.15, 0.2) is 4.74 Å². The summed E-state index contributed by atoms with van der Waals surface area (Å²) in [6, 6.07) is 1.37. The highest BCUT2D eigenvalue weighted by atomic mass is 31.1. The maximum Gasteiger partial charge on any atom is 0.162 e. The third-order valence-electron chi connectivity index (χ3n) is 0.649. The molecule has 0 unspecified atom stereocenters. The van der Waals surface area contributed by atoms with Crippen molar-refractivity contribution in [3.05, 3.63) is 0 Å². The molecular formula is C5H10NO2P. The van der Waals surface area contributed by atoms with Crippen LogP contribution in [0.1, 0.15) is 13.8 Å². The summed E-state index contributed by atoms with van der Waals surface area (Å²) in [5.74, 6) is 0. The molecule has 0 N–H and O–H groups in total. The number of nitrogens with zero attached hydrogens (tertiary/aromatic N) is 1. The van der Waals surface area contributed by atoms with Gasteiger partial charge in [-0.05, 0) is 13.8 Å². The lowest BCUT2D eigenvalue weighted by Crippen LogP contribution is -1.84. The van der Waals surface area contributed by atoms with Gasteiger partial charge in [-0.1, -0.05) is 0 Å². The third kappa shape index (κ3) is 4.10. The largest absolute Gasteiger partial charge is 0.296 e. The van der Waals surface area contributed by atoms with E-state index in [-0.39, 0.29) is 6.04 Å². The minimum atomic E-state index is -1.66. The first-order chi connectivity index (χ1) is 4.20. The zero-order valence-electron chi connectivity index (χ0n) is 5.50. The lowest BCUT2D eigenvalue weighted by Gasteiger charge is -1.93. The molecule has 0 saturated carbocycles. The predicted octanol–water partition coefficient (Wildman–Crippen LogP) is 1.17. The van der Waals surface area contributed by atoms with Gasteiger partial charge in [0.1, 0.15) is 0 Å². The number of hydrogen-bond acceptors (Lipinski definition) is 3. The summed E-state index contributed by atoms with van der Waals surface area (Å²) < 4.78 is 3.88. The molecular weight excluding hydrogens is 137 g/mol. The maximum absolute atomic E-state index is 9.99. The maximum atomic E-state index is 9.99. The summed E-state index contributed by atoms with van der Waals surface area (Å²) in [7, 11) is -1.66. The van der Waals surface area contributed by atoms with Gasteiger partial charge in [-0.25, -0.2) is 0 Å². The topological polar surface area (TPSA) is 46.5 Å². The van der Waals surface area contributed by atoms with E-state index in [1.165, 1.54) is 0 Å². The van der Waals surface area contributed by atoms with Crippen molar-refractivity contribution in [2.45, 2.75) is 19.9 Å². The minimum absolute atomic E-state index is 0.0919. The van der Waals surface area contributed by atoms with Gasteiger partial charge in [0.05, 0.1) is 7.71 Å². The van der Waals surface area contributed by atoms with Crippen LogP contribution in [0, 0.1) is 0 Å². The smallest absolute Gasteiger partial charge is 0.162 e. The van der Waals surface area contributed by atoms with Gasteiger partial charge in [0.2, 0.25) is 0 Å². The van der Waals surface area contributed by atoms with Crippen LogP contribution in [0.25, 0.3) is 0 Å². The average Bonchev–Trinajstić information content (AvgIpc) is 1.82. The Morgan fingerprint density at radius 1 is 1.33 bits per heavy atom. The molecule has 0 spiro atoms. The number of rotatable bonds is 3. The van der Waals surface area contributed by atoms with Crippen molar-refractivity contribution in [2.75, 3.05) is 0 Å². The van der Waals surface area contributed by atoms with Gasteiger partial charge in [-0.2, -0.15) is 0 Å². The Kier molecular flexibility index (Phi) is 4.24. The highest BCUT2D eigenvalue weighted by molar-refractivity contribution is 7.76. The Labute approximate surface area is 54.9 Å². The lowest BCUT2D eigenvalue weighted by molar-refractivity contribution is 0.565. The fourth-order valence-corrected chi connectivity index (χ4v) is 1.16. The standard InChI is InChI=1S/C5H10NO2P/c1-5(2)6-9(3-7)4-8/h3-5,9H,1-2H3. The van der Waals surface area contributed by atoms with Gasteiger partial charge in [0.25, 0.3) is 0 Å². The van der Waals surface area contributed by atoms with Gasteiger partial charge >= 0.3 is 0 Å². The van der Waals surface area contributed by atoms with Crippen LogP contribution in [0.4, 0.5) is 0 Å². The van der Waals surface area contributed by atoms with Crippen LogP contribution in [0.3, 0.4) is 0 Å². The van der Waals surface area contributed by atoms with E-state index in [1.807, 2.05) is 13.8 Å². The Hall–Kier alpha value is -0.430. The van der Waals surface area contributed by atoms with E-state index < -0.39 is 7.71 Å². The third-order valence-corrected chi connectivity index (χ3v) is 1.95. The molecule has 0 saturated heterocycles. The first kappa shape index (κ1) is 8.57. The summed E-state index contributed by atoms with van der Waals surface area (Å²) in [5, 5.41) is 0. The van der Waals surface area contributed by atoms with Crippen LogP contribution >= 0.6 is 7.71 Å². The van der Waals surface area contributed by atoms with Crippen molar-refractivity contribution < 1.29 is 9.59 Å². The van der Waals surface area contributed by atoms with Gasteiger partial charge < -0.3 is 0 Å². The molecule has 0 radical (unpaired) electrons. The summed E-state index contributed by atoms with van der Waals surface area (Å²) in [5.41, 5.74) is 0. The second-order valence-corrected chi connectivity index (χ2v) is 3.46. The Morgan fingerprint density at radius 2 is 1.78 bits per heavy atom. The van der Waals surface area contributed by atoms with Crippen LogP contribution in [0.2, 0.25) is 0 Å².